The third-order valence-corrected chi connectivity index (χ3v) is 5.10. The van der Waals surface area contributed by atoms with Crippen molar-refractivity contribution in [1.82, 2.24) is 5.32 Å². The van der Waals surface area contributed by atoms with Gasteiger partial charge in [0, 0.05) is 16.6 Å². The smallest absolute Gasteiger partial charge is 0.251 e. The Morgan fingerprint density at radius 3 is 2.79 bits per heavy atom. The molecule has 1 fully saturated rings. The Morgan fingerprint density at radius 2 is 2.11 bits per heavy atom. The van der Waals surface area contributed by atoms with E-state index in [-0.39, 0.29) is 5.91 Å². The van der Waals surface area contributed by atoms with Crippen LogP contribution in [0.2, 0.25) is 0 Å². The summed E-state index contributed by atoms with van der Waals surface area (Å²) in [6, 6.07) is 5.76. The van der Waals surface area contributed by atoms with Crippen molar-refractivity contribution in [3.8, 4) is 0 Å². The van der Waals surface area contributed by atoms with Gasteiger partial charge in [-0.2, -0.15) is 0 Å². The van der Waals surface area contributed by atoms with Crippen LogP contribution in [0.1, 0.15) is 48.5 Å². The van der Waals surface area contributed by atoms with E-state index in [4.69, 9.17) is 0 Å². The normalized spacial score (nSPS) is 23.1. The van der Waals surface area contributed by atoms with Gasteiger partial charge in [-0.3, -0.25) is 4.79 Å². The predicted molar refractivity (Wildman–Crippen MR) is 82.3 cm³/mol. The Kier molecular flexibility index (Phi) is 5.03. The van der Waals surface area contributed by atoms with E-state index in [1.165, 1.54) is 25.7 Å². The van der Waals surface area contributed by atoms with Gasteiger partial charge in [-0.1, -0.05) is 48.2 Å². The van der Waals surface area contributed by atoms with E-state index >= 15 is 0 Å². The first-order valence-electron chi connectivity index (χ1n) is 7.12. The molecule has 2 atom stereocenters. The molecule has 1 amide bonds. The van der Waals surface area contributed by atoms with Crippen LogP contribution in [0.5, 0.6) is 0 Å². The molecule has 2 nitrogen and oxygen atoms in total. The lowest BCUT2D eigenvalue weighted by Crippen LogP contribution is -2.33. The van der Waals surface area contributed by atoms with Crippen molar-refractivity contribution >= 4 is 21.8 Å². The number of hydrogen-bond donors (Lipinski definition) is 1. The average Bonchev–Trinajstić information content (AvgIpc) is 2.40. The van der Waals surface area contributed by atoms with Crippen LogP contribution in [0.15, 0.2) is 22.7 Å². The lowest BCUT2D eigenvalue weighted by Gasteiger charge is -2.28. The van der Waals surface area contributed by atoms with Crippen LogP contribution in [0.3, 0.4) is 0 Å². The predicted octanol–water partition coefficient (Wildman–Crippen LogP) is 4.31. The first kappa shape index (κ1) is 14.6. The molecule has 0 aliphatic heterocycles. The Bertz CT molecular complexity index is 458. The molecule has 3 heteroatoms. The van der Waals surface area contributed by atoms with Crippen molar-refractivity contribution in [2.24, 2.45) is 11.8 Å². The molecule has 0 saturated heterocycles. The number of hydrogen-bond acceptors (Lipinski definition) is 1. The van der Waals surface area contributed by atoms with E-state index < -0.39 is 0 Å². The zero-order valence-corrected chi connectivity index (χ0v) is 13.3. The molecule has 1 aromatic carbocycles. The van der Waals surface area contributed by atoms with Gasteiger partial charge in [-0.25, -0.2) is 0 Å². The highest BCUT2D eigenvalue weighted by atomic mass is 79.9. The first-order chi connectivity index (χ1) is 9.08. The maximum Gasteiger partial charge on any atom is 0.251 e. The quantitative estimate of drug-likeness (QED) is 0.882. The van der Waals surface area contributed by atoms with Gasteiger partial charge >= 0.3 is 0 Å². The summed E-state index contributed by atoms with van der Waals surface area (Å²) < 4.78 is 0.992. The molecule has 1 aliphatic carbocycles. The SMILES string of the molecule is Cc1ccc(C(=O)NCC2CCCCC2C)cc1Br. The van der Waals surface area contributed by atoms with Gasteiger partial charge in [-0.15, -0.1) is 0 Å². The Labute approximate surface area is 124 Å². The van der Waals surface area contributed by atoms with Gasteiger partial charge in [0.25, 0.3) is 5.91 Å². The number of amides is 1. The fourth-order valence-corrected chi connectivity index (χ4v) is 3.14. The first-order valence-corrected chi connectivity index (χ1v) is 7.91. The number of rotatable bonds is 3. The van der Waals surface area contributed by atoms with Crippen LogP contribution >= 0.6 is 15.9 Å². The minimum Gasteiger partial charge on any atom is -0.352 e. The number of carbonyl (C=O) groups excluding carboxylic acids is 1. The number of carbonyl (C=O) groups is 1. The minimum atomic E-state index is 0.0403. The molecule has 1 N–H and O–H groups in total. The second-order valence-corrected chi connectivity index (χ2v) is 6.55. The summed E-state index contributed by atoms with van der Waals surface area (Å²) in [4.78, 5) is 12.1. The largest absolute Gasteiger partial charge is 0.352 e. The number of halogens is 1. The lowest BCUT2D eigenvalue weighted by molar-refractivity contribution is 0.0936. The standard InChI is InChI=1S/C16H22BrNO/c1-11-5-3-4-6-14(11)10-18-16(19)13-8-7-12(2)15(17)9-13/h7-9,11,14H,3-6,10H2,1-2H3,(H,18,19). The molecule has 0 radical (unpaired) electrons. The molecule has 1 saturated carbocycles. The highest BCUT2D eigenvalue weighted by molar-refractivity contribution is 9.10. The summed E-state index contributed by atoms with van der Waals surface area (Å²) in [6.07, 6.45) is 5.20. The molecular formula is C16H22BrNO. The fourth-order valence-electron chi connectivity index (χ4n) is 2.76. The van der Waals surface area contributed by atoms with Crippen LogP contribution in [-0.4, -0.2) is 12.5 Å². The Hall–Kier alpha value is -0.830. The number of aryl methyl sites for hydroxylation is 1. The zero-order chi connectivity index (χ0) is 13.8. The maximum atomic E-state index is 12.1. The maximum absolute atomic E-state index is 12.1. The van der Waals surface area contributed by atoms with Crippen LogP contribution in [0, 0.1) is 18.8 Å². The van der Waals surface area contributed by atoms with Gasteiger partial charge in [0.2, 0.25) is 0 Å². The monoisotopic (exact) mass is 323 g/mol. The van der Waals surface area contributed by atoms with Crippen molar-refractivity contribution in [2.75, 3.05) is 6.54 Å². The number of nitrogens with one attached hydrogen (secondary N) is 1. The second-order valence-electron chi connectivity index (χ2n) is 5.70. The van der Waals surface area contributed by atoms with Crippen LogP contribution in [0.25, 0.3) is 0 Å². The van der Waals surface area contributed by atoms with Gasteiger partial charge in [0.15, 0.2) is 0 Å². The van der Waals surface area contributed by atoms with Gasteiger partial charge in [0.05, 0.1) is 0 Å². The molecule has 2 unspecified atom stereocenters. The van der Waals surface area contributed by atoms with E-state index in [0.29, 0.717) is 5.92 Å². The molecule has 0 heterocycles. The third-order valence-electron chi connectivity index (χ3n) is 4.25. The van der Waals surface area contributed by atoms with Gasteiger partial charge < -0.3 is 5.32 Å². The van der Waals surface area contributed by atoms with Crippen molar-refractivity contribution in [3.63, 3.8) is 0 Å². The summed E-state index contributed by atoms with van der Waals surface area (Å²) in [6.45, 7) is 5.14. The average molecular weight is 324 g/mol. The summed E-state index contributed by atoms with van der Waals surface area (Å²) >= 11 is 3.47. The third kappa shape index (κ3) is 3.82. The Balaban J connectivity index is 1.91. The van der Waals surface area contributed by atoms with E-state index in [1.807, 2.05) is 25.1 Å². The molecule has 0 aromatic heterocycles. The Morgan fingerprint density at radius 1 is 1.37 bits per heavy atom. The van der Waals surface area contributed by atoms with E-state index in [9.17, 15) is 4.79 Å². The molecule has 104 valence electrons. The molecule has 19 heavy (non-hydrogen) atoms. The lowest BCUT2D eigenvalue weighted by atomic mass is 9.80. The fraction of sp³-hybridized carbons (Fsp3) is 0.562. The number of benzene rings is 1. The molecule has 0 spiro atoms. The van der Waals surface area contributed by atoms with E-state index in [1.54, 1.807) is 0 Å². The summed E-state index contributed by atoms with van der Waals surface area (Å²) in [7, 11) is 0. The minimum absolute atomic E-state index is 0.0403. The summed E-state index contributed by atoms with van der Waals surface area (Å²) in [5.74, 6) is 1.42. The highest BCUT2D eigenvalue weighted by Crippen LogP contribution is 2.29. The van der Waals surface area contributed by atoms with Crippen molar-refractivity contribution < 1.29 is 4.79 Å². The van der Waals surface area contributed by atoms with Crippen molar-refractivity contribution in [1.29, 1.82) is 0 Å². The summed E-state index contributed by atoms with van der Waals surface area (Å²) in [5.41, 5.74) is 1.89. The van der Waals surface area contributed by atoms with Crippen LogP contribution < -0.4 is 5.32 Å². The summed E-state index contributed by atoms with van der Waals surface area (Å²) in [5, 5.41) is 3.09. The molecule has 0 bridgehead atoms. The van der Waals surface area contributed by atoms with Crippen molar-refractivity contribution in [3.05, 3.63) is 33.8 Å². The second kappa shape index (κ2) is 6.56. The topological polar surface area (TPSA) is 29.1 Å². The van der Waals surface area contributed by atoms with E-state index in [2.05, 4.69) is 28.2 Å². The van der Waals surface area contributed by atoms with E-state index in [0.717, 1.165) is 28.1 Å². The molecule has 2 rings (SSSR count). The van der Waals surface area contributed by atoms with Crippen LogP contribution in [-0.2, 0) is 0 Å². The van der Waals surface area contributed by atoms with Gasteiger partial charge in [0.1, 0.15) is 0 Å². The highest BCUT2D eigenvalue weighted by Gasteiger charge is 2.21. The van der Waals surface area contributed by atoms with Gasteiger partial charge in [-0.05, 0) is 42.9 Å². The zero-order valence-electron chi connectivity index (χ0n) is 11.7. The molecule has 1 aliphatic rings. The molecule has 1 aromatic rings. The molecular weight excluding hydrogens is 302 g/mol. The van der Waals surface area contributed by atoms with Crippen LogP contribution in [0.4, 0.5) is 0 Å². The van der Waals surface area contributed by atoms with Crippen molar-refractivity contribution in [2.45, 2.75) is 39.5 Å².